The van der Waals surface area contributed by atoms with Crippen molar-refractivity contribution >= 4 is 29.9 Å². The maximum atomic E-state index is 13.1. The second kappa shape index (κ2) is 7.78. The summed E-state index contributed by atoms with van der Waals surface area (Å²) in [7, 11) is 0. The highest BCUT2D eigenvalue weighted by Gasteiger charge is 2.23. The molecule has 2 N–H and O–H groups in total. The van der Waals surface area contributed by atoms with E-state index >= 15 is 0 Å². The van der Waals surface area contributed by atoms with Gasteiger partial charge in [-0.25, -0.2) is 4.39 Å². The number of carbonyl (C=O) groups excluding carboxylic acids is 1. The van der Waals surface area contributed by atoms with E-state index in [1.807, 2.05) is 6.92 Å². The third-order valence-electron chi connectivity index (χ3n) is 3.02. The molecule has 1 aromatic rings. The maximum Gasteiger partial charge on any atom is 0.250 e. The molecule has 1 heterocycles. The molecule has 20 heavy (non-hydrogen) atoms. The van der Waals surface area contributed by atoms with Crippen LogP contribution in [0, 0.1) is 5.82 Å². The highest BCUT2D eigenvalue weighted by molar-refractivity contribution is 6.30. The van der Waals surface area contributed by atoms with Crippen molar-refractivity contribution in [3.8, 4) is 0 Å². The van der Waals surface area contributed by atoms with Crippen LogP contribution >= 0.6 is 24.0 Å². The largest absolute Gasteiger partial charge is 0.366 e. The smallest absolute Gasteiger partial charge is 0.250 e. The van der Waals surface area contributed by atoms with Crippen LogP contribution in [0.25, 0.3) is 0 Å². The van der Waals surface area contributed by atoms with Crippen LogP contribution in [-0.4, -0.2) is 31.7 Å². The summed E-state index contributed by atoms with van der Waals surface area (Å²) >= 11 is 5.72. The predicted octanol–water partition coefficient (Wildman–Crippen LogP) is 2.07. The number of carbonyl (C=O) groups is 1. The number of rotatable bonds is 3. The fourth-order valence-corrected chi connectivity index (χ4v) is 2.09. The first-order valence-electron chi connectivity index (χ1n) is 6.15. The minimum Gasteiger partial charge on any atom is -0.366 e. The molecular weight excluding hydrogens is 306 g/mol. The molecule has 0 spiro atoms. The molecule has 1 amide bonds. The molecule has 2 unspecified atom stereocenters. The normalized spacial score (nSPS) is 19.9. The Morgan fingerprint density at radius 2 is 2.35 bits per heavy atom. The number of morpholine rings is 1. The van der Waals surface area contributed by atoms with E-state index in [4.69, 9.17) is 16.3 Å². The van der Waals surface area contributed by atoms with E-state index < -0.39 is 11.9 Å². The van der Waals surface area contributed by atoms with Crippen LogP contribution in [0.15, 0.2) is 18.2 Å². The van der Waals surface area contributed by atoms with Crippen molar-refractivity contribution in [3.63, 3.8) is 0 Å². The number of ether oxygens (including phenoxy) is 1. The molecule has 1 fully saturated rings. The molecule has 1 aromatic carbocycles. The van der Waals surface area contributed by atoms with Crippen LogP contribution in [0.2, 0.25) is 5.02 Å². The Morgan fingerprint density at radius 1 is 1.60 bits per heavy atom. The molecule has 0 aromatic heterocycles. The molecule has 1 aliphatic rings. The lowest BCUT2D eigenvalue weighted by Gasteiger charge is -2.24. The van der Waals surface area contributed by atoms with Gasteiger partial charge in [-0.15, -0.1) is 12.4 Å². The first kappa shape index (κ1) is 17.2. The van der Waals surface area contributed by atoms with Crippen molar-refractivity contribution in [2.24, 2.45) is 0 Å². The Kier molecular flexibility index (Phi) is 6.68. The maximum absolute atomic E-state index is 13.1. The molecule has 0 bridgehead atoms. The van der Waals surface area contributed by atoms with Crippen LogP contribution in [0.4, 0.5) is 4.39 Å². The van der Waals surface area contributed by atoms with Gasteiger partial charge < -0.3 is 15.4 Å². The van der Waals surface area contributed by atoms with E-state index in [2.05, 4.69) is 10.6 Å². The topological polar surface area (TPSA) is 50.4 Å². The molecule has 112 valence electrons. The zero-order valence-corrected chi connectivity index (χ0v) is 12.6. The highest BCUT2D eigenvalue weighted by Crippen LogP contribution is 2.20. The summed E-state index contributed by atoms with van der Waals surface area (Å²) in [6, 6.07) is 4.16. The summed E-state index contributed by atoms with van der Waals surface area (Å²) in [5.41, 5.74) is 0.753. The SMILES string of the molecule is CC(NC(=O)C1CNCCO1)c1ccc(F)c(Cl)c1.Cl. The number of nitrogens with one attached hydrogen (secondary N) is 2. The number of amides is 1. The number of benzene rings is 1. The fourth-order valence-electron chi connectivity index (χ4n) is 1.91. The van der Waals surface area contributed by atoms with E-state index in [0.717, 1.165) is 12.1 Å². The monoisotopic (exact) mass is 322 g/mol. The molecule has 1 aliphatic heterocycles. The van der Waals surface area contributed by atoms with E-state index in [9.17, 15) is 9.18 Å². The number of hydrogen-bond donors (Lipinski definition) is 2. The Morgan fingerprint density at radius 3 is 2.95 bits per heavy atom. The van der Waals surface area contributed by atoms with Gasteiger partial charge in [0.15, 0.2) is 0 Å². The Balaban J connectivity index is 0.00000200. The first-order chi connectivity index (χ1) is 9.08. The van der Waals surface area contributed by atoms with Crippen LogP contribution in [0.5, 0.6) is 0 Å². The summed E-state index contributed by atoms with van der Waals surface area (Å²) in [5, 5.41) is 5.97. The van der Waals surface area contributed by atoms with Gasteiger partial charge in [-0.3, -0.25) is 4.79 Å². The van der Waals surface area contributed by atoms with E-state index in [-0.39, 0.29) is 29.4 Å². The fraction of sp³-hybridized carbons (Fsp3) is 0.462. The summed E-state index contributed by atoms with van der Waals surface area (Å²) in [4.78, 5) is 12.0. The van der Waals surface area contributed by atoms with Crippen molar-refractivity contribution in [3.05, 3.63) is 34.6 Å². The first-order valence-corrected chi connectivity index (χ1v) is 6.53. The van der Waals surface area contributed by atoms with Gasteiger partial charge in [0.05, 0.1) is 17.7 Å². The molecule has 7 heteroatoms. The molecule has 0 aliphatic carbocycles. The van der Waals surface area contributed by atoms with Crippen molar-refractivity contribution in [2.45, 2.75) is 19.1 Å². The predicted molar refractivity (Wildman–Crippen MR) is 77.8 cm³/mol. The van der Waals surface area contributed by atoms with E-state index in [0.29, 0.717) is 13.2 Å². The summed E-state index contributed by atoms with van der Waals surface area (Å²) in [6.45, 7) is 3.60. The average Bonchev–Trinajstić information content (AvgIpc) is 2.42. The van der Waals surface area contributed by atoms with Crippen molar-refractivity contribution in [1.29, 1.82) is 0 Å². The standard InChI is InChI=1S/C13H16ClFN2O2.ClH/c1-8(9-2-3-11(15)10(14)6-9)17-13(18)12-7-16-4-5-19-12;/h2-3,6,8,12,16H,4-5,7H2,1H3,(H,17,18);1H. The average molecular weight is 323 g/mol. The third-order valence-corrected chi connectivity index (χ3v) is 3.31. The van der Waals surface area contributed by atoms with E-state index in [1.54, 1.807) is 6.07 Å². The third kappa shape index (κ3) is 4.31. The van der Waals surface area contributed by atoms with Crippen molar-refractivity contribution in [1.82, 2.24) is 10.6 Å². The lowest BCUT2D eigenvalue weighted by atomic mass is 10.1. The number of hydrogen-bond acceptors (Lipinski definition) is 3. The highest BCUT2D eigenvalue weighted by atomic mass is 35.5. The molecule has 2 atom stereocenters. The van der Waals surface area contributed by atoms with Gasteiger partial charge in [-0.1, -0.05) is 17.7 Å². The van der Waals surface area contributed by atoms with Crippen LogP contribution in [-0.2, 0) is 9.53 Å². The molecule has 4 nitrogen and oxygen atoms in total. The zero-order chi connectivity index (χ0) is 13.8. The van der Waals surface area contributed by atoms with Crippen LogP contribution in [0.1, 0.15) is 18.5 Å². The lowest BCUT2D eigenvalue weighted by Crippen LogP contribution is -2.48. The summed E-state index contributed by atoms with van der Waals surface area (Å²) < 4.78 is 18.4. The molecule has 0 radical (unpaired) electrons. The van der Waals surface area contributed by atoms with Gasteiger partial charge in [0.2, 0.25) is 0 Å². The van der Waals surface area contributed by atoms with Gasteiger partial charge >= 0.3 is 0 Å². The summed E-state index contributed by atoms with van der Waals surface area (Å²) in [6.07, 6.45) is -0.480. The minimum atomic E-state index is -0.480. The minimum absolute atomic E-state index is 0. The van der Waals surface area contributed by atoms with E-state index in [1.165, 1.54) is 12.1 Å². The van der Waals surface area contributed by atoms with Gasteiger partial charge in [-0.05, 0) is 24.6 Å². The molecule has 1 saturated heterocycles. The second-order valence-electron chi connectivity index (χ2n) is 4.47. The Hall–Kier alpha value is -0.880. The van der Waals surface area contributed by atoms with Crippen LogP contribution < -0.4 is 10.6 Å². The van der Waals surface area contributed by atoms with Gasteiger partial charge in [0, 0.05) is 13.1 Å². The van der Waals surface area contributed by atoms with Gasteiger partial charge in [-0.2, -0.15) is 0 Å². The molecule has 0 saturated carbocycles. The second-order valence-corrected chi connectivity index (χ2v) is 4.87. The summed E-state index contributed by atoms with van der Waals surface area (Å²) in [5.74, 6) is -0.649. The van der Waals surface area contributed by atoms with Crippen LogP contribution in [0.3, 0.4) is 0 Å². The zero-order valence-electron chi connectivity index (χ0n) is 11.0. The molecular formula is C13H17Cl2FN2O2. The number of halogens is 3. The Labute approximate surface area is 128 Å². The Bertz CT molecular complexity index is 468. The van der Waals surface area contributed by atoms with Gasteiger partial charge in [0.1, 0.15) is 11.9 Å². The van der Waals surface area contributed by atoms with Crippen molar-refractivity contribution < 1.29 is 13.9 Å². The quantitative estimate of drug-likeness (QED) is 0.895. The lowest BCUT2D eigenvalue weighted by molar-refractivity contribution is -0.134. The van der Waals surface area contributed by atoms with Crippen molar-refractivity contribution in [2.75, 3.05) is 19.7 Å². The van der Waals surface area contributed by atoms with Gasteiger partial charge in [0.25, 0.3) is 5.91 Å². The molecule has 2 rings (SSSR count).